The fourth-order valence-corrected chi connectivity index (χ4v) is 2.83. The summed E-state index contributed by atoms with van der Waals surface area (Å²) in [4.78, 5) is 0. The van der Waals surface area contributed by atoms with Crippen LogP contribution in [0.2, 0.25) is 0 Å². The van der Waals surface area contributed by atoms with Crippen molar-refractivity contribution in [3.05, 3.63) is 23.8 Å². The molecule has 3 heteroatoms. The molecule has 116 valence electrons. The first-order valence-corrected chi connectivity index (χ1v) is 7.81. The molecule has 0 saturated heterocycles. The number of ether oxygens (including phenoxy) is 2. The lowest BCUT2D eigenvalue weighted by atomic mass is 9.74. The maximum absolute atomic E-state index is 9.83. The van der Waals surface area contributed by atoms with Crippen molar-refractivity contribution in [2.75, 3.05) is 14.2 Å². The molecule has 0 aliphatic carbocycles. The Morgan fingerprint density at radius 2 is 1.71 bits per heavy atom. The fraction of sp³-hybridized carbons (Fsp3) is 0.611. The summed E-state index contributed by atoms with van der Waals surface area (Å²) in [6, 6.07) is 8.45. The molecule has 0 aliphatic heterocycles. The summed E-state index contributed by atoms with van der Waals surface area (Å²) in [5, 5.41) is 9.83. The van der Waals surface area contributed by atoms with Crippen molar-refractivity contribution in [2.45, 2.75) is 57.8 Å². The number of nitriles is 1. The second-order valence-electron chi connectivity index (χ2n) is 5.47. The van der Waals surface area contributed by atoms with Gasteiger partial charge in [-0.05, 0) is 30.5 Å². The molecule has 0 fully saturated rings. The van der Waals surface area contributed by atoms with Gasteiger partial charge in [-0.25, -0.2) is 0 Å². The van der Waals surface area contributed by atoms with Gasteiger partial charge in [0.1, 0.15) is 0 Å². The van der Waals surface area contributed by atoms with Crippen LogP contribution in [0.4, 0.5) is 0 Å². The molecule has 0 bridgehead atoms. The average Bonchev–Trinajstić information content (AvgIpc) is 2.53. The lowest BCUT2D eigenvalue weighted by Crippen LogP contribution is -2.24. The summed E-state index contributed by atoms with van der Waals surface area (Å²) in [6.07, 6.45) is 6.19. The molecule has 1 rings (SSSR count). The third-order valence-electron chi connectivity index (χ3n) is 4.03. The van der Waals surface area contributed by atoms with Crippen LogP contribution in [0.1, 0.15) is 57.9 Å². The van der Waals surface area contributed by atoms with Gasteiger partial charge < -0.3 is 9.47 Å². The zero-order valence-electron chi connectivity index (χ0n) is 13.7. The summed E-state index contributed by atoms with van der Waals surface area (Å²) in [5.74, 6) is 1.40. The highest BCUT2D eigenvalue weighted by molar-refractivity contribution is 5.47. The Kier molecular flexibility index (Phi) is 7.08. The molecule has 0 aromatic heterocycles. The van der Waals surface area contributed by atoms with Crippen LogP contribution in [0, 0.1) is 11.3 Å². The minimum Gasteiger partial charge on any atom is -0.493 e. The van der Waals surface area contributed by atoms with Gasteiger partial charge in [-0.1, -0.05) is 45.6 Å². The SMILES string of the molecule is CCCCCC(C#N)(CCC)c1ccc(OC)c(OC)c1. The van der Waals surface area contributed by atoms with Crippen molar-refractivity contribution < 1.29 is 9.47 Å². The summed E-state index contributed by atoms with van der Waals surface area (Å²) < 4.78 is 10.7. The van der Waals surface area contributed by atoms with E-state index in [1.165, 1.54) is 12.8 Å². The minimum absolute atomic E-state index is 0.413. The van der Waals surface area contributed by atoms with Gasteiger partial charge in [0.25, 0.3) is 0 Å². The van der Waals surface area contributed by atoms with Crippen LogP contribution in [-0.4, -0.2) is 14.2 Å². The molecule has 0 N–H and O–H groups in total. The van der Waals surface area contributed by atoms with Crippen molar-refractivity contribution >= 4 is 0 Å². The molecule has 1 unspecified atom stereocenters. The van der Waals surface area contributed by atoms with Gasteiger partial charge in [0, 0.05) is 0 Å². The van der Waals surface area contributed by atoms with Gasteiger partial charge in [0.15, 0.2) is 11.5 Å². The zero-order valence-corrected chi connectivity index (χ0v) is 13.7. The van der Waals surface area contributed by atoms with Crippen molar-refractivity contribution in [3.8, 4) is 17.6 Å². The number of benzene rings is 1. The molecule has 3 nitrogen and oxygen atoms in total. The summed E-state index contributed by atoms with van der Waals surface area (Å²) in [7, 11) is 3.26. The summed E-state index contributed by atoms with van der Waals surface area (Å²) in [6.45, 7) is 4.32. The summed E-state index contributed by atoms with van der Waals surface area (Å²) >= 11 is 0. The second-order valence-corrected chi connectivity index (χ2v) is 5.47. The predicted molar refractivity (Wildman–Crippen MR) is 85.9 cm³/mol. The highest BCUT2D eigenvalue weighted by atomic mass is 16.5. The average molecular weight is 289 g/mol. The van der Waals surface area contributed by atoms with Crippen LogP contribution < -0.4 is 9.47 Å². The Bertz CT molecular complexity index is 479. The Morgan fingerprint density at radius 1 is 1.00 bits per heavy atom. The Hall–Kier alpha value is -1.69. The van der Waals surface area contributed by atoms with Gasteiger partial charge >= 0.3 is 0 Å². The standard InChI is InChI=1S/C18H27NO2/c1-5-7-8-12-18(14-19,11-6-2)15-9-10-16(20-3)17(13-15)21-4/h9-10,13H,5-8,11-12H2,1-4H3. The Labute approximate surface area is 128 Å². The fourth-order valence-electron chi connectivity index (χ4n) is 2.83. The molecule has 0 aliphatic rings. The molecule has 21 heavy (non-hydrogen) atoms. The van der Waals surface area contributed by atoms with Gasteiger partial charge in [-0.3, -0.25) is 0 Å². The smallest absolute Gasteiger partial charge is 0.161 e. The van der Waals surface area contributed by atoms with E-state index in [1.807, 2.05) is 18.2 Å². The number of methoxy groups -OCH3 is 2. The quantitative estimate of drug-likeness (QED) is 0.610. The van der Waals surface area contributed by atoms with E-state index in [1.54, 1.807) is 14.2 Å². The van der Waals surface area contributed by atoms with E-state index >= 15 is 0 Å². The number of unbranched alkanes of at least 4 members (excludes halogenated alkanes) is 2. The molecule has 0 radical (unpaired) electrons. The largest absolute Gasteiger partial charge is 0.493 e. The van der Waals surface area contributed by atoms with Crippen LogP contribution in [0.3, 0.4) is 0 Å². The lowest BCUT2D eigenvalue weighted by Gasteiger charge is -2.27. The molecule has 1 aromatic carbocycles. The summed E-state index contributed by atoms with van der Waals surface area (Å²) in [5.41, 5.74) is 0.629. The van der Waals surface area contributed by atoms with Crippen molar-refractivity contribution in [3.63, 3.8) is 0 Å². The van der Waals surface area contributed by atoms with E-state index in [0.29, 0.717) is 11.5 Å². The van der Waals surface area contributed by atoms with E-state index in [2.05, 4.69) is 19.9 Å². The molecule has 1 aromatic rings. The van der Waals surface area contributed by atoms with Crippen LogP contribution >= 0.6 is 0 Å². The molecule has 1 atom stereocenters. The molecule has 0 heterocycles. The van der Waals surface area contributed by atoms with Crippen molar-refractivity contribution in [1.82, 2.24) is 0 Å². The number of hydrogen-bond acceptors (Lipinski definition) is 3. The number of hydrogen-bond donors (Lipinski definition) is 0. The first-order valence-electron chi connectivity index (χ1n) is 7.81. The van der Waals surface area contributed by atoms with Crippen molar-refractivity contribution in [1.29, 1.82) is 5.26 Å². The topological polar surface area (TPSA) is 42.2 Å². The molecular weight excluding hydrogens is 262 g/mol. The first kappa shape index (κ1) is 17.4. The molecule has 0 spiro atoms. The van der Waals surface area contributed by atoms with Crippen LogP contribution in [0.25, 0.3) is 0 Å². The van der Waals surface area contributed by atoms with Gasteiger partial charge in [-0.2, -0.15) is 5.26 Å². The van der Waals surface area contributed by atoms with Crippen LogP contribution in [-0.2, 0) is 5.41 Å². The minimum atomic E-state index is -0.413. The Morgan fingerprint density at radius 3 is 2.24 bits per heavy atom. The van der Waals surface area contributed by atoms with E-state index in [4.69, 9.17) is 9.47 Å². The molecular formula is C18H27NO2. The number of nitrogens with zero attached hydrogens (tertiary/aromatic N) is 1. The Balaban J connectivity index is 3.16. The normalized spacial score (nSPS) is 13.3. The van der Waals surface area contributed by atoms with Gasteiger partial charge in [0.05, 0.1) is 25.7 Å². The predicted octanol–water partition coefficient (Wildman–Crippen LogP) is 4.85. The lowest BCUT2D eigenvalue weighted by molar-refractivity contribution is 0.352. The van der Waals surface area contributed by atoms with E-state index < -0.39 is 5.41 Å². The van der Waals surface area contributed by atoms with Crippen LogP contribution in [0.5, 0.6) is 11.5 Å². The highest BCUT2D eigenvalue weighted by Gasteiger charge is 2.31. The highest BCUT2D eigenvalue weighted by Crippen LogP contribution is 2.38. The zero-order chi connectivity index (χ0) is 15.7. The second kappa shape index (κ2) is 8.56. The third kappa shape index (κ3) is 4.14. The van der Waals surface area contributed by atoms with E-state index in [9.17, 15) is 5.26 Å². The monoisotopic (exact) mass is 289 g/mol. The van der Waals surface area contributed by atoms with Crippen molar-refractivity contribution in [2.24, 2.45) is 0 Å². The van der Waals surface area contributed by atoms with E-state index in [0.717, 1.165) is 31.2 Å². The van der Waals surface area contributed by atoms with Crippen LogP contribution in [0.15, 0.2) is 18.2 Å². The molecule has 0 amide bonds. The van der Waals surface area contributed by atoms with Gasteiger partial charge in [0.2, 0.25) is 0 Å². The maximum Gasteiger partial charge on any atom is 0.161 e. The molecule has 0 saturated carbocycles. The number of rotatable bonds is 9. The first-order chi connectivity index (χ1) is 10.2. The van der Waals surface area contributed by atoms with Gasteiger partial charge in [-0.15, -0.1) is 0 Å². The van der Waals surface area contributed by atoms with E-state index in [-0.39, 0.29) is 0 Å². The third-order valence-corrected chi connectivity index (χ3v) is 4.03. The maximum atomic E-state index is 9.83.